The van der Waals surface area contributed by atoms with Crippen LogP contribution in [-0.2, 0) is 4.79 Å². The standard InChI is InChI=1S/C12H24N2OS.ClH/c1-9(6-7-16-3)14(2)12(15)10-4-5-11(13)8-10;/h9-11H,4-8,13H2,1-3H3;1H. The Morgan fingerprint density at radius 1 is 1.53 bits per heavy atom. The van der Waals surface area contributed by atoms with E-state index in [-0.39, 0.29) is 24.4 Å². The fraction of sp³-hybridized carbons (Fsp3) is 0.917. The summed E-state index contributed by atoms with van der Waals surface area (Å²) in [6.07, 6.45) is 6.02. The first kappa shape index (κ1) is 17.1. The fourth-order valence-electron chi connectivity index (χ4n) is 2.23. The third-order valence-corrected chi connectivity index (χ3v) is 4.21. The van der Waals surface area contributed by atoms with E-state index in [2.05, 4.69) is 13.2 Å². The molecule has 0 aromatic rings. The topological polar surface area (TPSA) is 46.3 Å². The number of amides is 1. The lowest BCUT2D eigenvalue weighted by Crippen LogP contribution is -2.39. The predicted molar refractivity (Wildman–Crippen MR) is 77.8 cm³/mol. The predicted octanol–water partition coefficient (Wildman–Crippen LogP) is 2.14. The molecule has 1 aliphatic rings. The molecule has 1 rings (SSSR count). The van der Waals surface area contributed by atoms with Crippen molar-refractivity contribution in [3.8, 4) is 0 Å². The number of carbonyl (C=O) groups is 1. The number of nitrogens with zero attached hydrogens (tertiary/aromatic N) is 1. The maximum Gasteiger partial charge on any atom is 0.225 e. The summed E-state index contributed by atoms with van der Waals surface area (Å²) in [5, 5.41) is 0. The smallest absolute Gasteiger partial charge is 0.225 e. The minimum atomic E-state index is 0. The summed E-state index contributed by atoms with van der Waals surface area (Å²) >= 11 is 1.83. The van der Waals surface area contributed by atoms with Crippen LogP contribution in [0.15, 0.2) is 0 Å². The van der Waals surface area contributed by atoms with Crippen LogP contribution in [0.2, 0.25) is 0 Å². The van der Waals surface area contributed by atoms with Gasteiger partial charge >= 0.3 is 0 Å². The van der Waals surface area contributed by atoms with Crippen molar-refractivity contribution in [3.05, 3.63) is 0 Å². The van der Waals surface area contributed by atoms with E-state index < -0.39 is 0 Å². The lowest BCUT2D eigenvalue weighted by atomic mass is 10.1. The number of rotatable bonds is 5. The van der Waals surface area contributed by atoms with Crippen LogP contribution < -0.4 is 5.73 Å². The largest absolute Gasteiger partial charge is 0.343 e. The van der Waals surface area contributed by atoms with Crippen molar-refractivity contribution in [1.82, 2.24) is 4.90 Å². The molecule has 0 saturated heterocycles. The average molecular weight is 281 g/mol. The van der Waals surface area contributed by atoms with Crippen LogP contribution in [0.3, 0.4) is 0 Å². The molecule has 0 aliphatic heterocycles. The molecule has 0 heterocycles. The van der Waals surface area contributed by atoms with Gasteiger partial charge in [0.15, 0.2) is 0 Å². The maximum absolute atomic E-state index is 12.2. The third-order valence-electron chi connectivity index (χ3n) is 3.57. The van der Waals surface area contributed by atoms with Gasteiger partial charge in [0.25, 0.3) is 0 Å². The van der Waals surface area contributed by atoms with Crippen molar-refractivity contribution >= 4 is 30.1 Å². The van der Waals surface area contributed by atoms with Gasteiger partial charge in [-0.3, -0.25) is 4.79 Å². The highest BCUT2D eigenvalue weighted by atomic mass is 35.5. The van der Waals surface area contributed by atoms with E-state index >= 15 is 0 Å². The zero-order valence-electron chi connectivity index (χ0n) is 11.0. The molecule has 1 saturated carbocycles. The second kappa shape index (κ2) is 8.22. The number of hydrogen-bond donors (Lipinski definition) is 1. The Kier molecular flexibility index (Phi) is 8.25. The van der Waals surface area contributed by atoms with Crippen molar-refractivity contribution in [3.63, 3.8) is 0 Å². The van der Waals surface area contributed by atoms with Crippen LogP contribution in [0.25, 0.3) is 0 Å². The van der Waals surface area contributed by atoms with Crippen molar-refractivity contribution in [2.75, 3.05) is 19.1 Å². The highest BCUT2D eigenvalue weighted by Crippen LogP contribution is 2.26. The molecule has 2 N–H and O–H groups in total. The number of halogens is 1. The lowest BCUT2D eigenvalue weighted by molar-refractivity contribution is -0.135. The number of carbonyl (C=O) groups excluding carboxylic acids is 1. The minimum absolute atomic E-state index is 0. The van der Waals surface area contributed by atoms with Gasteiger partial charge in [0.05, 0.1) is 0 Å². The summed E-state index contributed by atoms with van der Waals surface area (Å²) in [5.41, 5.74) is 5.85. The second-order valence-corrected chi connectivity index (χ2v) is 5.84. The fourth-order valence-corrected chi connectivity index (χ4v) is 2.80. The Bertz CT molecular complexity index is 241. The van der Waals surface area contributed by atoms with Crippen LogP contribution in [0.4, 0.5) is 0 Å². The Hall–Kier alpha value is 0.0700. The summed E-state index contributed by atoms with van der Waals surface area (Å²) in [5.74, 6) is 1.58. The van der Waals surface area contributed by atoms with Crippen LogP contribution in [0.1, 0.15) is 32.6 Å². The molecule has 3 atom stereocenters. The molecule has 1 fully saturated rings. The Morgan fingerprint density at radius 3 is 2.65 bits per heavy atom. The van der Waals surface area contributed by atoms with Crippen molar-refractivity contribution in [1.29, 1.82) is 0 Å². The van der Waals surface area contributed by atoms with Crippen molar-refractivity contribution in [2.24, 2.45) is 11.7 Å². The van der Waals surface area contributed by atoms with E-state index in [0.29, 0.717) is 11.9 Å². The van der Waals surface area contributed by atoms with E-state index in [1.165, 1.54) is 0 Å². The number of hydrogen-bond acceptors (Lipinski definition) is 3. The van der Waals surface area contributed by atoms with Crippen molar-refractivity contribution in [2.45, 2.75) is 44.7 Å². The van der Waals surface area contributed by atoms with Crippen LogP contribution in [-0.4, -0.2) is 41.9 Å². The van der Waals surface area contributed by atoms with Gasteiger partial charge in [-0.1, -0.05) is 0 Å². The summed E-state index contributed by atoms with van der Waals surface area (Å²) in [6.45, 7) is 2.13. The van der Waals surface area contributed by atoms with E-state index in [4.69, 9.17) is 5.73 Å². The van der Waals surface area contributed by atoms with Gasteiger partial charge in [-0.25, -0.2) is 0 Å². The SMILES string of the molecule is CSCCC(C)N(C)C(=O)C1CCC(N)C1.Cl. The Balaban J connectivity index is 0.00000256. The molecule has 17 heavy (non-hydrogen) atoms. The van der Waals surface area contributed by atoms with E-state index in [0.717, 1.165) is 31.4 Å². The summed E-state index contributed by atoms with van der Waals surface area (Å²) in [4.78, 5) is 14.1. The molecule has 0 aromatic heterocycles. The van der Waals surface area contributed by atoms with Crippen molar-refractivity contribution < 1.29 is 4.79 Å². The zero-order chi connectivity index (χ0) is 12.1. The van der Waals surface area contributed by atoms with Gasteiger partial charge in [0.1, 0.15) is 0 Å². The summed E-state index contributed by atoms with van der Waals surface area (Å²) in [7, 11) is 1.93. The molecule has 5 heteroatoms. The zero-order valence-corrected chi connectivity index (χ0v) is 12.6. The van der Waals surface area contributed by atoms with E-state index in [1.807, 2.05) is 23.7 Å². The molecule has 0 bridgehead atoms. The highest BCUT2D eigenvalue weighted by Gasteiger charge is 2.30. The normalized spacial score (nSPS) is 25.2. The van der Waals surface area contributed by atoms with E-state index in [1.54, 1.807) is 0 Å². The molecular weight excluding hydrogens is 256 g/mol. The highest BCUT2D eigenvalue weighted by molar-refractivity contribution is 7.98. The molecule has 0 aromatic carbocycles. The maximum atomic E-state index is 12.2. The van der Waals surface area contributed by atoms with Gasteiger partial charge in [-0.05, 0) is 44.6 Å². The molecule has 1 amide bonds. The number of nitrogens with two attached hydrogens (primary N) is 1. The molecular formula is C12H25ClN2OS. The van der Waals surface area contributed by atoms with Gasteiger partial charge in [-0.15, -0.1) is 12.4 Å². The minimum Gasteiger partial charge on any atom is -0.343 e. The molecule has 0 spiro atoms. The summed E-state index contributed by atoms with van der Waals surface area (Å²) < 4.78 is 0. The average Bonchev–Trinajstić information content (AvgIpc) is 2.70. The van der Waals surface area contributed by atoms with E-state index in [9.17, 15) is 4.79 Å². The second-order valence-electron chi connectivity index (χ2n) is 4.85. The monoisotopic (exact) mass is 280 g/mol. The third kappa shape index (κ3) is 5.06. The van der Waals surface area contributed by atoms with Gasteiger partial charge < -0.3 is 10.6 Å². The Morgan fingerprint density at radius 2 is 2.18 bits per heavy atom. The Labute approximate surface area is 115 Å². The first-order valence-electron chi connectivity index (χ1n) is 6.07. The molecule has 1 aliphatic carbocycles. The van der Waals surface area contributed by atoms with Crippen LogP contribution in [0.5, 0.6) is 0 Å². The van der Waals surface area contributed by atoms with Gasteiger partial charge in [0, 0.05) is 25.0 Å². The molecule has 0 radical (unpaired) electrons. The quantitative estimate of drug-likeness (QED) is 0.839. The molecule has 3 nitrogen and oxygen atoms in total. The first-order chi connectivity index (χ1) is 7.56. The number of thioether (sulfide) groups is 1. The molecule has 3 unspecified atom stereocenters. The van der Waals surface area contributed by atoms with Gasteiger partial charge in [0.2, 0.25) is 5.91 Å². The van der Waals surface area contributed by atoms with Crippen LogP contribution >= 0.6 is 24.2 Å². The summed E-state index contributed by atoms with van der Waals surface area (Å²) in [6, 6.07) is 0.584. The van der Waals surface area contributed by atoms with Crippen LogP contribution in [0, 0.1) is 5.92 Å². The first-order valence-corrected chi connectivity index (χ1v) is 7.46. The van der Waals surface area contributed by atoms with Gasteiger partial charge in [-0.2, -0.15) is 11.8 Å². The molecule has 102 valence electrons. The lowest BCUT2D eigenvalue weighted by Gasteiger charge is -2.27.